The Bertz CT molecular complexity index is 918. The highest BCUT2D eigenvalue weighted by Crippen LogP contribution is 2.34. The van der Waals surface area contributed by atoms with Gasteiger partial charge in [0.25, 0.3) is 6.43 Å². The molecular formula is C22H29F2N5O. The summed E-state index contributed by atoms with van der Waals surface area (Å²) in [4.78, 5) is 21.2. The number of hydrogen-bond donors (Lipinski definition) is 2. The van der Waals surface area contributed by atoms with Gasteiger partial charge in [-0.05, 0) is 43.5 Å². The number of carbonyl (C=O) groups is 1. The van der Waals surface area contributed by atoms with Crippen molar-refractivity contribution in [1.82, 2.24) is 15.2 Å². The number of halogens is 2. The van der Waals surface area contributed by atoms with E-state index in [1.54, 1.807) is 18.3 Å². The van der Waals surface area contributed by atoms with E-state index in [1.165, 1.54) is 6.07 Å². The average Bonchev–Trinajstić information content (AvgIpc) is 2.69. The van der Waals surface area contributed by atoms with E-state index in [2.05, 4.69) is 27.0 Å². The minimum absolute atomic E-state index is 0.000136. The summed E-state index contributed by atoms with van der Waals surface area (Å²) in [6.45, 7) is 7.00. The smallest absolute Gasteiger partial charge is 0.265 e. The van der Waals surface area contributed by atoms with Crippen LogP contribution in [0.25, 0.3) is 10.9 Å². The van der Waals surface area contributed by atoms with Gasteiger partial charge in [-0.3, -0.25) is 14.7 Å². The summed E-state index contributed by atoms with van der Waals surface area (Å²) >= 11 is 0. The normalized spacial score (nSPS) is 24.1. The van der Waals surface area contributed by atoms with Gasteiger partial charge >= 0.3 is 0 Å². The van der Waals surface area contributed by atoms with Gasteiger partial charge in [0.1, 0.15) is 0 Å². The van der Waals surface area contributed by atoms with E-state index in [1.807, 2.05) is 13.0 Å². The summed E-state index contributed by atoms with van der Waals surface area (Å²) in [5.41, 5.74) is 7.01. The zero-order chi connectivity index (χ0) is 21.4. The first-order valence-corrected chi connectivity index (χ1v) is 10.5. The second kappa shape index (κ2) is 8.43. The number of nitrogens with one attached hydrogen (secondary N) is 1. The number of aromatic nitrogens is 1. The number of fused-ring (bicyclic) bond motifs is 1. The van der Waals surface area contributed by atoms with Gasteiger partial charge in [-0.1, -0.05) is 6.92 Å². The van der Waals surface area contributed by atoms with Crippen molar-refractivity contribution in [2.75, 3.05) is 31.1 Å². The molecule has 2 aliphatic rings. The molecule has 30 heavy (non-hydrogen) atoms. The van der Waals surface area contributed by atoms with Crippen LogP contribution >= 0.6 is 0 Å². The van der Waals surface area contributed by atoms with Crippen molar-refractivity contribution in [2.45, 2.75) is 44.8 Å². The van der Waals surface area contributed by atoms with Crippen LogP contribution in [0, 0.1) is 5.92 Å². The quantitative estimate of drug-likeness (QED) is 0.782. The van der Waals surface area contributed by atoms with Crippen LogP contribution in [-0.4, -0.2) is 60.1 Å². The number of benzene rings is 1. The molecule has 0 spiro atoms. The summed E-state index contributed by atoms with van der Waals surface area (Å²) in [5.74, 6) is 0.374. The van der Waals surface area contributed by atoms with Crippen LogP contribution in [0.15, 0.2) is 30.5 Å². The number of alkyl halides is 2. The molecule has 0 bridgehead atoms. The summed E-state index contributed by atoms with van der Waals surface area (Å²) in [6.07, 6.45) is -0.136. The SMILES string of the molecule is CC1CC(NC(=O)C(C)N2CC(N)C2)CN(c2ccc(C(F)F)c3ncccc23)C1. The second-order valence-electron chi connectivity index (χ2n) is 8.72. The Labute approximate surface area is 175 Å². The molecule has 162 valence electrons. The Kier molecular flexibility index (Phi) is 5.88. The largest absolute Gasteiger partial charge is 0.369 e. The number of carbonyl (C=O) groups excluding carboxylic acids is 1. The van der Waals surface area contributed by atoms with Gasteiger partial charge in [0.05, 0.1) is 11.6 Å². The minimum atomic E-state index is -2.57. The van der Waals surface area contributed by atoms with Crippen molar-refractivity contribution in [3.05, 3.63) is 36.0 Å². The molecule has 2 aliphatic heterocycles. The van der Waals surface area contributed by atoms with E-state index in [9.17, 15) is 13.6 Å². The Balaban J connectivity index is 1.53. The lowest BCUT2D eigenvalue weighted by Gasteiger charge is -2.42. The summed E-state index contributed by atoms with van der Waals surface area (Å²) in [7, 11) is 0. The lowest BCUT2D eigenvalue weighted by atomic mass is 9.94. The first kappa shape index (κ1) is 20.9. The monoisotopic (exact) mass is 417 g/mol. The maximum Gasteiger partial charge on any atom is 0.265 e. The number of likely N-dealkylation sites (tertiary alicyclic amines) is 1. The van der Waals surface area contributed by atoms with Crippen molar-refractivity contribution < 1.29 is 13.6 Å². The molecule has 6 nitrogen and oxygen atoms in total. The Morgan fingerprint density at radius 1 is 1.23 bits per heavy atom. The molecule has 2 fully saturated rings. The molecule has 3 N–H and O–H groups in total. The van der Waals surface area contributed by atoms with Gasteiger partial charge in [0.15, 0.2) is 0 Å². The van der Waals surface area contributed by atoms with E-state index in [0.717, 1.165) is 37.1 Å². The second-order valence-corrected chi connectivity index (χ2v) is 8.72. The Morgan fingerprint density at radius 3 is 2.70 bits per heavy atom. The van der Waals surface area contributed by atoms with Crippen molar-refractivity contribution in [1.29, 1.82) is 0 Å². The minimum Gasteiger partial charge on any atom is -0.369 e. The Hall–Kier alpha value is -2.32. The number of pyridine rings is 1. The van der Waals surface area contributed by atoms with Crippen LogP contribution in [0.1, 0.15) is 32.3 Å². The summed E-state index contributed by atoms with van der Waals surface area (Å²) in [5, 5.41) is 3.91. The maximum absolute atomic E-state index is 13.4. The van der Waals surface area contributed by atoms with Gasteiger partial charge < -0.3 is 16.0 Å². The number of nitrogens with two attached hydrogens (primary N) is 1. The van der Waals surface area contributed by atoms with Crippen LogP contribution in [0.3, 0.4) is 0 Å². The van der Waals surface area contributed by atoms with Gasteiger partial charge in [-0.25, -0.2) is 8.78 Å². The van der Waals surface area contributed by atoms with E-state index in [0.29, 0.717) is 18.0 Å². The molecule has 0 saturated carbocycles. The van der Waals surface area contributed by atoms with E-state index in [-0.39, 0.29) is 29.6 Å². The standard InChI is InChI=1S/C22H29F2N5O/c1-13-8-16(27-22(30)14(2)28-10-15(25)11-28)12-29(9-13)19-6-5-18(21(23)24)20-17(19)4-3-7-26-20/h3-7,13-16,21H,8-12,25H2,1-2H3,(H,27,30). The van der Waals surface area contributed by atoms with Crippen LogP contribution in [0.5, 0.6) is 0 Å². The number of amides is 1. The molecule has 1 amide bonds. The third-order valence-corrected chi connectivity index (χ3v) is 6.22. The number of hydrogen-bond acceptors (Lipinski definition) is 5. The third-order valence-electron chi connectivity index (χ3n) is 6.22. The topological polar surface area (TPSA) is 74.5 Å². The van der Waals surface area contributed by atoms with Crippen LogP contribution in [0.2, 0.25) is 0 Å². The molecule has 3 unspecified atom stereocenters. The lowest BCUT2D eigenvalue weighted by Crippen LogP contribution is -2.63. The molecule has 2 aromatic rings. The highest BCUT2D eigenvalue weighted by molar-refractivity contribution is 5.94. The fraction of sp³-hybridized carbons (Fsp3) is 0.545. The van der Waals surface area contributed by atoms with E-state index >= 15 is 0 Å². The number of rotatable bonds is 5. The molecule has 3 heterocycles. The summed E-state index contributed by atoms with van der Waals surface area (Å²) < 4.78 is 26.8. The average molecular weight is 418 g/mol. The van der Waals surface area contributed by atoms with Gasteiger partial charge in [0.2, 0.25) is 5.91 Å². The van der Waals surface area contributed by atoms with Crippen molar-refractivity contribution in [3.63, 3.8) is 0 Å². The first-order valence-electron chi connectivity index (χ1n) is 10.5. The van der Waals surface area contributed by atoms with Crippen molar-refractivity contribution >= 4 is 22.5 Å². The van der Waals surface area contributed by atoms with E-state index in [4.69, 9.17) is 5.73 Å². The van der Waals surface area contributed by atoms with Crippen molar-refractivity contribution in [3.8, 4) is 0 Å². The van der Waals surface area contributed by atoms with Crippen LogP contribution in [0.4, 0.5) is 14.5 Å². The van der Waals surface area contributed by atoms with Gasteiger partial charge in [0, 0.05) is 61.1 Å². The fourth-order valence-corrected chi connectivity index (χ4v) is 4.64. The highest BCUT2D eigenvalue weighted by atomic mass is 19.3. The summed E-state index contributed by atoms with van der Waals surface area (Å²) in [6, 6.07) is 6.79. The lowest BCUT2D eigenvalue weighted by molar-refractivity contribution is -0.128. The van der Waals surface area contributed by atoms with Crippen LogP contribution < -0.4 is 16.0 Å². The van der Waals surface area contributed by atoms with Gasteiger partial charge in [-0.15, -0.1) is 0 Å². The molecule has 0 radical (unpaired) electrons. The molecule has 4 rings (SSSR count). The van der Waals surface area contributed by atoms with E-state index < -0.39 is 6.43 Å². The first-order chi connectivity index (χ1) is 14.3. The number of piperidine rings is 1. The van der Waals surface area contributed by atoms with Crippen molar-refractivity contribution in [2.24, 2.45) is 11.7 Å². The molecular weight excluding hydrogens is 388 g/mol. The highest BCUT2D eigenvalue weighted by Gasteiger charge is 2.33. The molecule has 3 atom stereocenters. The zero-order valence-electron chi connectivity index (χ0n) is 17.4. The fourth-order valence-electron chi connectivity index (χ4n) is 4.64. The number of anilines is 1. The third kappa shape index (κ3) is 4.11. The predicted molar refractivity (Wildman–Crippen MR) is 114 cm³/mol. The molecule has 1 aromatic carbocycles. The van der Waals surface area contributed by atoms with Crippen LogP contribution in [-0.2, 0) is 4.79 Å². The van der Waals surface area contributed by atoms with Gasteiger partial charge in [-0.2, -0.15) is 0 Å². The number of nitrogens with zero attached hydrogens (tertiary/aromatic N) is 3. The maximum atomic E-state index is 13.4. The predicted octanol–water partition coefficient (Wildman–Crippen LogP) is 2.53. The molecule has 0 aliphatic carbocycles. The molecule has 1 aromatic heterocycles. The molecule has 2 saturated heterocycles. The Morgan fingerprint density at radius 2 is 2.00 bits per heavy atom. The molecule has 8 heteroatoms. The zero-order valence-corrected chi connectivity index (χ0v) is 17.4.